The summed E-state index contributed by atoms with van der Waals surface area (Å²) in [6.45, 7) is 4.37. The Kier molecular flexibility index (Phi) is 5.06. The first-order valence-electron chi connectivity index (χ1n) is 14.0. The maximum atomic E-state index is 2.39. The highest BCUT2D eigenvalue weighted by Crippen LogP contribution is 2.51. The minimum absolute atomic E-state index is 1.24. The highest BCUT2D eigenvalue weighted by atomic mass is 14.3. The lowest BCUT2D eigenvalue weighted by Gasteiger charge is -2.16. The van der Waals surface area contributed by atoms with Crippen molar-refractivity contribution in [3.05, 3.63) is 145 Å². The molecule has 0 heteroatoms. The van der Waals surface area contributed by atoms with Crippen LogP contribution in [0.4, 0.5) is 0 Å². The second-order valence-corrected chi connectivity index (χ2v) is 11.1. The van der Waals surface area contributed by atoms with E-state index < -0.39 is 0 Å². The molecule has 8 rings (SSSR count). The van der Waals surface area contributed by atoms with Gasteiger partial charge >= 0.3 is 0 Å². The minimum Gasteiger partial charge on any atom is -0.0622 e. The van der Waals surface area contributed by atoms with Crippen LogP contribution in [0.1, 0.15) is 11.1 Å². The second kappa shape index (κ2) is 8.79. The van der Waals surface area contributed by atoms with Crippen molar-refractivity contribution in [2.45, 2.75) is 13.8 Å². The van der Waals surface area contributed by atoms with Crippen molar-refractivity contribution in [3.8, 4) is 55.6 Å². The Balaban J connectivity index is 1.36. The molecule has 0 atom stereocenters. The van der Waals surface area contributed by atoms with Gasteiger partial charge in [0, 0.05) is 0 Å². The molecule has 0 amide bonds. The average molecular weight is 509 g/mol. The van der Waals surface area contributed by atoms with E-state index in [0.717, 1.165) is 0 Å². The van der Waals surface area contributed by atoms with E-state index in [1.54, 1.807) is 0 Å². The van der Waals surface area contributed by atoms with E-state index >= 15 is 0 Å². The smallest absolute Gasteiger partial charge is 0.00201 e. The van der Waals surface area contributed by atoms with Crippen LogP contribution in [0.25, 0.3) is 77.2 Å². The summed E-state index contributed by atoms with van der Waals surface area (Å²) in [7, 11) is 0. The number of fused-ring (bicyclic) bond motifs is 4. The minimum atomic E-state index is 1.24. The van der Waals surface area contributed by atoms with Crippen molar-refractivity contribution in [2.24, 2.45) is 0 Å². The molecular formula is C40H28. The summed E-state index contributed by atoms with van der Waals surface area (Å²) >= 11 is 0. The quantitative estimate of drug-likeness (QED) is 0.223. The van der Waals surface area contributed by atoms with Crippen LogP contribution in [-0.4, -0.2) is 0 Å². The van der Waals surface area contributed by atoms with E-state index in [1.165, 1.54) is 88.3 Å². The lowest BCUT2D eigenvalue weighted by molar-refractivity contribution is 1.34. The lowest BCUT2D eigenvalue weighted by atomic mass is 9.88. The average Bonchev–Trinajstić information content (AvgIpc) is 3.33. The van der Waals surface area contributed by atoms with Crippen molar-refractivity contribution < 1.29 is 0 Å². The van der Waals surface area contributed by atoms with Crippen molar-refractivity contribution in [2.75, 3.05) is 0 Å². The topological polar surface area (TPSA) is 0 Å². The fourth-order valence-electron chi connectivity index (χ4n) is 6.51. The molecule has 0 aliphatic heterocycles. The van der Waals surface area contributed by atoms with Crippen LogP contribution in [0.3, 0.4) is 0 Å². The normalized spacial score (nSPS) is 11.8. The van der Waals surface area contributed by atoms with Crippen LogP contribution in [0.5, 0.6) is 0 Å². The molecule has 0 heterocycles. The summed E-state index contributed by atoms with van der Waals surface area (Å²) in [6.07, 6.45) is 0. The van der Waals surface area contributed by atoms with Crippen molar-refractivity contribution >= 4 is 21.5 Å². The molecule has 0 saturated carbocycles. The summed E-state index contributed by atoms with van der Waals surface area (Å²) in [4.78, 5) is 0. The zero-order valence-electron chi connectivity index (χ0n) is 22.7. The zero-order valence-corrected chi connectivity index (χ0v) is 22.7. The molecule has 0 N–H and O–H groups in total. The molecule has 0 radical (unpaired) electrons. The molecule has 0 bridgehead atoms. The van der Waals surface area contributed by atoms with Crippen molar-refractivity contribution in [3.63, 3.8) is 0 Å². The molecule has 0 nitrogen and oxygen atoms in total. The Labute approximate surface area is 235 Å². The van der Waals surface area contributed by atoms with Crippen LogP contribution >= 0.6 is 0 Å². The van der Waals surface area contributed by atoms with E-state index in [4.69, 9.17) is 0 Å². The van der Waals surface area contributed by atoms with Gasteiger partial charge in [-0.2, -0.15) is 0 Å². The Morgan fingerprint density at radius 2 is 0.950 bits per heavy atom. The monoisotopic (exact) mass is 508 g/mol. The maximum Gasteiger partial charge on any atom is -0.00201 e. The van der Waals surface area contributed by atoms with Crippen LogP contribution in [0.2, 0.25) is 0 Å². The van der Waals surface area contributed by atoms with Crippen LogP contribution in [-0.2, 0) is 0 Å². The largest absolute Gasteiger partial charge is 0.0622 e. The first-order valence-corrected chi connectivity index (χ1v) is 14.0. The van der Waals surface area contributed by atoms with Crippen molar-refractivity contribution in [1.82, 2.24) is 0 Å². The summed E-state index contributed by atoms with van der Waals surface area (Å²) < 4.78 is 0. The van der Waals surface area contributed by atoms with Gasteiger partial charge in [0.25, 0.3) is 0 Å². The number of benzene rings is 7. The van der Waals surface area contributed by atoms with Gasteiger partial charge in [-0.05, 0) is 120 Å². The molecule has 7 aromatic carbocycles. The third kappa shape index (κ3) is 3.46. The first kappa shape index (κ1) is 23.0. The predicted octanol–water partition coefficient (Wildman–Crippen LogP) is 11.3. The van der Waals surface area contributed by atoms with Gasteiger partial charge in [-0.15, -0.1) is 0 Å². The maximum absolute atomic E-state index is 2.39. The van der Waals surface area contributed by atoms with E-state index in [0.29, 0.717) is 0 Å². The van der Waals surface area contributed by atoms with Crippen LogP contribution < -0.4 is 0 Å². The van der Waals surface area contributed by atoms with Crippen LogP contribution in [0, 0.1) is 13.8 Å². The Morgan fingerprint density at radius 3 is 1.75 bits per heavy atom. The summed E-state index contributed by atoms with van der Waals surface area (Å²) in [5.74, 6) is 0. The molecule has 40 heavy (non-hydrogen) atoms. The molecule has 1 aliphatic rings. The van der Waals surface area contributed by atoms with E-state index in [9.17, 15) is 0 Å². The van der Waals surface area contributed by atoms with E-state index in [2.05, 4.69) is 147 Å². The van der Waals surface area contributed by atoms with Gasteiger partial charge in [0.05, 0.1) is 0 Å². The molecule has 0 unspecified atom stereocenters. The van der Waals surface area contributed by atoms with Gasteiger partial charge in [0.1, 0.15) is 0 Å². The fourth-order valence-corrected chi connectivity index (χ4v) is 6.51. The zero-order chi connectivity index (χ0) is 26.8. The Morgan fingerprint density at radius 1 is 0.325 bits per heavy atom. The van der Waals surface area contributed by atoms with Gasteiger partial charge in [0.15, 0.2) is 0 Å². The summed E-state index contributed by atoms with van der Waals surface area (Å²) in [6, 6.07) is 49.5. The van der Waals surface area contributed by atoms with Gasteiger partial charge in [-0.1, -0.05) is 115 Å². The number of rotatable bonds is 3. The number of aryl methyl sites for hydroxylation is 2. The third-order valence-electron chi connectivity index (χ3n) is 8.74. The molecule has 7 aromatic rings. The number of hydrogen-bond donors (Lipinski definition) is 0. The van der Waals surface area contributed by atoms with Crippen LogP contribution in [0.15, 0.2) is 133 Å². The summed E-state index contributed by atoms with van der Waals surface area (Å²) in [5, 5.41) is 5.20. The molecule has 0 aromatic heterocycles. The molecular weight excluding hydrogens is 480 g/mol. The van der Waals surface area contributed by atoms with Crippen molar-refractivity contribution in [1.29, 1.82) is 0 Å². The highest BCUT2D eigenvalue weighted by Gasteiger charge is 2.24. The molecule has 188 valence electrons. The SMILES string of the molecule is Cc1ccc(-c2ccc3c(c2)-c2cccc4c(-c5cc6ccccc6cc5-c5ccccc5)ccc-3c24)cc1C. The lowest BCUT2D eigenvalue weighted by Crippen LogP contribution is -1.89. The van der Waals surface area contributed by atoms with Gasteiger partial charge < -0.3 is 0 Å². The predicted molar refractivity (Wildman–Crippen MR) is 172 cm³/mol. The molecule has 0 saturated heterocycles. The summed E-state index contributed by atoms with van der Waals surface area (Å²) in [5.41, 5.74) is 15.6. The fraction of sp³-hybridized carbons (Fsp3) is 0.0500. The standard InChI is InChI=1S/C40H28/c1-25-15-16-30(21-26(25)2)31-17-18-32-36-20-19-33(34-13-8-14-35(40(34)36)38(32)24-31)39-23-29-12-7-6-11-28(29)22-37(39)27-9-4-3-5-10-27/h3-24H,1-2H3. The first-order chi connectivity index (χ1) is 19.7. The van der Waals surface area contributed by atoms with Gasteiger partial charge in [-0.3, -0.25) is 0 Å². The van der Waals surface area contributed by atoms with E-state index in [1.807, 2.05) is 0 Å². The molecule has 1 aliphatic carbocycles. The van der Waals surface area contributed by atoms with E-state index in [-0.39, 0.29) is 0 Å². The Bertz CT molecular complexity index is 2110. The molecule has 0 fully saturated rings. The second-order valence-electron chi connectivity index (χ2n) is 11.1. The molecule has 0 spiro atoms. The van der Waals surface area contributed by atoms with Gasteiger partial charge in [0.2, 0.25) is 0 Å². The third-order valence-corrected chi connectivity index (χ3v) is 8.74. The van der Waals surface area contributed by atoms with Gasteiger partial charge in [-0.25, -0.2) is 0 Å². The number of hydrogen-bond acceptors (Lipinski definition) is 0. The Hall–Kier alpha value is -4.94. The highest BCUT2D eigenvalue weighted by molar-refractivity contribution is 6.20.